The highest BCUT2D eigenvalue weighted by Gasteiger charge is 2.45. The third-order valence-electron chi connectivity index (χ3n) is 5.80. The lowest BCUT2D eigenvalue weighted by atomic mass is 10.1. The largest absolute Gasteiger partial charge is 1.00 e. The summed E-state index contributed by atoms with van der Waals surface area (Å²) >= 11 is 0. The second kappa shape index (κ2) is 13.1. The number of hydrogen-bond donors (Lipinski definition) is 0. The quantitative estimate of drug-likeness (QED) is 0.144. The molecule has 36 heavy (non-hydrogen) atoms. The van der Waals surface area contributed by atoms with Crippen molar-refractivity contribution in [3.05, 3.63) is 127 Å². The molecule has 0 saturated carbocycles. The van der Waals surface area contributed by atoms with Crippen molar-refractivity contribution in [2.75, 3.05) is 13.3 Å². The van der Waals surface area contributed by atoms with Crippen LogP contribution in [0.25, 0.3) is 0 Å². The number of hydrogen-bond acceptors (Lipinski definition) is 4. The summed E-state index contributed by atoms with van der Waals surface area (Å²) in [5.74, 6) is -0.511. The van der Waals surface area contributed by atoms with E-state index in [1.165, 1.54) is 23.0 Å². The van der Waals surface area contributed by atoms with Gasteiger partial charge in [0.25, 0.3) is 0 Å². The molecule has 0 radical (unpaired) electrons. The Morgan fingerprint density at radius 1 is 0.667 bits per heavy atom. The molecule has 0 fully saturated rings. The average molecular weight is 559 g/mol. The maximum absolute atomic E-state index is 12.5. The summed E-state index contributed by atoms with van der Waals surface area (Å²) in [5.41, 5.74) is 1.70. The molecule has 4 aromatic rings. The Morgan fingerprint density at radius 3 is 1.44 bits per heavy atom. The lowest BCUT2D eigenvalue weighted by Crippen LogP contribution is -3.00. The van der Waals surface area contributed by atoms with Gasteiger partial charge in [-0.1, -0.05) is 84.9 Å². The third kappa shape index (κ3) is 6.04. The molecular weight excluding hydrogens is 531 g/mol. The summed E-state index contributed by atoms with van der Waals surface area (Å²) in [6.07, 6.45) is 0.692. The van der Waals surface area contributed by atoms with Gasteiger partial charge in [0.05, 0.1) is 12.8 Å². The van der Waals surface area contributed by atoms with Crippen LogP contribution < -0.4 is 32.9 Å². The molecule has 4 rings (SSSR count). The van der Waals surface area contributed by atoms with E-state index in [2.05, 4.69) is 83.0 Å². The zero-order valence-corrected chi connectivity index (χ0v) is 22.8. The monoisotopic (exact) mass is 558 g/mol. The highest BCUT2D eigenvalue weighted by atomic mass is 79.9. The molecule has 182 valence electrons. The van der Waals surface area contributed by atoms with Gasteiger partial charge in [0.2, 0.25) is 0 Å². The highest BCUT2D eigenvalue weighted by Crippen LogP contribution is 2.55. The van der Waals surface area contributed by atoms with Crippen molar-refractivity contribution in [3.8, 4) is 0 Å². The summed E-state index contributed by atoms with van der Waals surface area (Å²) in [4.78, 5) is 12.5. The van der Waals surface area contributed by atoms with Crippen LogP contribution in [0.1, 0.15) is 12.5 Å². The van der Waals surface area contributed by atoms with E-state index < -0.39 is 13.2 Å². The van der Waals surface area contributed by atoms with Crippen LogP contribution in [0.3, 0.4) is 0 Å². The normalized spacial score (nSPS) is 11.9. The van der Waals surface area contributed by atoms with Crippen molar-refractivity contribution >= 4 is 40.6 Å². The molecule has 0 amide bonds. The second-order valence-corrected chi connectivity index (χ2v) is 11.6. The lowest BCUT2D eigenvalue weighted by Gasteiger charge is -2.27. The van der Waals surface area contributed by atoms with Gasteiger partial charge in [0.15, 0.2) is 5.71 Å². The summed E-state index contributed by atoms with van der Waals surface area (Å²) in [7, 11) is -0.733. The number of ether oxygens (including phenoxy) is 1. The molecule has 0 atom stereocenters. The molecule has 0 aliphatic heterocycles. The lowest BCUT2D eigenvalue weighted by molar-refractivity contribution is -0.132. The maximum Gasteiger partial charge on any atom is 0.359 e. The van der Waals surface area contributed by atoms with Gasteiger partial charge in [-0.25, -0.2) is 4.79 Å². The standard InChI is InChI=1S/C30H28N2O2P.BrH/c1-24(31-32-29(30(33)34-2)25-15-7-3-8-16-25)23-35(26-17-9-4-10-18-26,27-19-11-5-12-20-27)28-21-13-6-14-22-28;/h3-22H,23H2,1-2H3;1H/q+1;/p-1/b31-24+,32-29+;. The number of esters is 1. The van der Waals surface area contributed by atoms with Gasteiger partial charge in [0.1, 0.15) is 29.3 Å². The number of benzene rings is 4. The number of rotatable bonds is 8. The van der Waals surface area contributed by atoms with E-state index in [9.17, 15) is 4.79 Å². The molecule has 0 aromatic heterocycles. The maximum atomic E-state index is 12.5. The fourth-order valence-electron chi connectivity index (χ4n) is 4.19. The van der Waals surface area contributed by atoms with Gasteiger partial charge >= 0.3 is 5.97 Å². The highest BCUT2D eigenvalue weighted by molar-refractivity contribution is 7.96. The van der Waals surface area contributed by atoms with Crippen LogP contribution in [-0.2, 0) is 9.53 Å². The zero-order chi connectivity index (χ0) is 24.5. The second-order valence-electron chi connectivity index (χ2n) is 8.12. The van der Waals surface area contributed by atoms with E-state index >= 15 is 0 Å². The zero-order valence-electron chi connectivity index (χ0n) is 20.3. The van der Waals surface area contributed by atoms with E-state index in [1.54, 1.807) is 0 Å². The number of nitrogens with zero attached hydrogens (tertiary/aromatic N) is 2. The van der Waals surface area contributed by atoms with Crippen molar-refractivity contribution in [1.82, 2.24) is 0 Å². The molecule has 6 heteroatoms. The molecular formula is C30H28BrN2O2P. The minimum Gasteiger partial charge on any atom is -1.00 e. The van der Waals surface area contributed by atoms with Crippen LogP contribution in [0.2, 0.25) is 0 Å². The van der Waals surface area contributed by atoms with Crippen LogP contribution in [-0.4, -0.2) is 30.7 Å². The van der Waals surface area contributed by atoms with Crippen molar-refractivity contribution in [2.45, 2.75) is 6.92 Å². The van der Waals surface area contributed by atoms with Crippen LogP contribution in [0, 0.1) is 0 Å². The molecule has 0 saturated heterocycles. The van der Waals surface area contributed by atoms with Gasteiger partial charge in [-0.05, 0) is 43.3 Å². The molecule has 4 aromatic carbocycles. The summed E-state index contributed by atoms with van der Waals surface area (Å²) in [6.45, 7) is 1.98. The van der Waals surface area contributed by atoms with Gasteiger partial charge in [-0.2, -0.15) is 5.10 Å². The topological polar surface area (TPSA) is 51.0 Å². The first-order chi connectivity index (χ1) is 17.1. The van der Waals surface area contributed by atoms with Gasteiger partial charge < -0.3 is 21.7 Å². The van der Waals surface area contributed by atoms with Gasteiger partial charge in [-0.3, -0.25) is 0 Å². The number of halogens is 1. The average Bonchev–Trinajstić information content (AvgIpc) is 2.93. The van der Waals surface area contributed by atoms with Crippen LogP contribution >= 0.6 is 7.26 Å². The Morgan fingerprint density at radius 2 is 1.06 bits per heavy atom. The predicted molar refractivity (Wildman–Crippen MR) is 148 cm³/mol. The fraction of sp³-hybridized carbons (Fsp3) is 0.100. The Balaban J connectivity index is 0.00000361. The number of carbonyl (C=O) groups excluding carboxylic acids is 1. The Kier molecular flexibility index (Phi) is 9.86. The first-order valence-corrected chi connectivity index (χ1v) is 13.4. The SMILES string of the molecule is COC(=O)/C(=N/N=C(\C)C[P+](c1ccccc1)(c1ccccc1)c1ccccc1)c1ccccc1.[Br-]. The van der Waals surface area contributed by atoms with Crippen LogP contribution in [0.5, 0.6) is 0 Å². The molecule has 4 nitrogen and oxygen atoms in total. The molecule has 0 heterocycles. The summed E-state index contributed by atoms with van der Waals surface area (Å²) < 4.78 is 4.98. The fourth-order valence-corrected chi connectivity index (χ4v) is 8.42. The molecule has 0 aliphatic carbocycles. The molecule has 0 N–H and O–H groups in total. The smallest absolute Gasteiger partial charge is 0.359 e. The summed E-state index contributed by atoms with van der Waals surface area (Å²) in [6, 6.07) is 41.2. The van der Waals surface area contributed by atoms with Crippen molar-refractivity contribution in [3.63, 3.8) is 0 Å². The predicted octanol–water partition coefficient (Wildman–Crippen LogP) is 2.02. The van der Waals surface area contributed by atoms with E-state index in [4.69, 9.17) is 4.74 Å². The Hall–Kier alpha value is -3.40. The van der Waals surface area contributed by atoms with Gasteiger partial charge in [-0.15, -0.1) is 5.10 Å². The number of carbonyl (C=O) groups is 1. The molecule has 0 spiro atoms. The number of methoxy groups -OCH3 is 1. The molecule has 0 aliphatic rings. The molecule has 0 bridgehead atoms. The van der Waals surface area contributed by atoms with E-state index in [-0.39, 0.29) is 22.7 Å². The van der Waals surface area contributed by atoms with Crippen LogP contribution in [0.15, 0.2) is 132 Å². The van der Waals surface area contributed by atoms with Crippen LogP contribution in [0.4, 0.5) is 0 Å². The van der Waals surface area contributed by atoms with Crippen molar-refractivity contribution in [1.29, 1.82) is 0 Å². The first-order valence-electron chi connectivity index (χ1n) is 11.4. The van der Waals surface area contributed by atoms with E-state index in [0.29, 0.717) is 11.7 Å². The minimum atomic E-state index is -2.09. The minimum absolute atomic E-state index is 0. The van der Waals surface area contributed by atoms with Crippen molar-refractivity contribution < 1.29 is 26.5 Å². The Bertz CT molecular complexity index is 1220. The van der Waals surface area contributed by atoms with Crippen molar-refractivity contribution in [2.24, 2.45) is 10.2 Å². The summed E-state index contributed by atoms with van der Waals surface area (Å²) in [5, 5.41) is 12.8. The van der Waals surface area contributed by atoms with Gasteiger partial charge in [0, 0.05) is 5.56 Å². The van der Waals surface area contributed by atoms with E-state index in [1.807, 2.05) is 55.5 Å². The molecule has 0 unspecified atom stereocenters. The first kappa shape index (κ1) is 27.2. The van der Waals surface area contributed by atoms with E-state index in [0.717, 1.165) is 5.71 Å². The third-order valence-corrected chi connectivity index (χ3v) is 10.3. The Labute approximate surface area is 223 Å².